The summed E-state index contributed by atoms with van der Waals surface area (Å²) in [6.07, 6.45) is 6.45. The fourth-order valence-electron chi connectivity index (χ4n) is 5.46. The maximum Gasteiger partial charge on any atom is 0.267 e. The molecule has 0 unspecified atom stereocenters. The number of allylic oxidation sites excluding steroid dienone is 1. The van der Waals surface area contributed by atoms with Crippen LogP contribution in [0.4, 0.5) is 0 Å². The van der Waals surface area contributed by atoms with Crippen LogP contribution >= 0.6 is 0 Å². The second-order valence-corrected chi connectivity index (χ2v) is 9.61. The molecule has 3 aromatic carbocycles. The van der Waals surface area contributed by atoms with E-state index in [-0.39, 0.29) is 5.56 Å². The van der Waals surface area contributed by atoms with Gasteiger partial charge in [0.2, 0.25) is 0 Å². The van der Waals surface area contributed by atoms with E-state index in [1.54, 1.807) is 24.8 Å². The molecule has 6 aromatic rings. The third kappa shape index (κ3) is 3.96. The third-order valence-electron chi connectivity index (χ3n) is 7.05. The summed E-state index contributed by atoms with van der Waals surface area (Å²) in [4.78, 5) is 18.8. The lowest BCUT2D eigenvalue weighted by Crippen LogP contribution is -2.14. The number of pyridine rings is 2. The maximum absolute atomic E-state index is 14.1. The molecule has 0 aliphatic carbocycles. The van der Waals surface area contributed by atoms with Crippen LogP contribution in [-0.4, -0.2) is 30.2 Å². The van der Waals surface area contributed by atoms with Crippen molar-refractivity contribution in [1.29, 1.82) is 0 Å². The normalized spacial score (nSPS) is 11.8. The lowest BCUT2D eigenvalue weighted by molar-refractivity contribution is 0.358. The van der Waals surface area contributed by atoms with Gasteiger partial charge in [-0.1, -0.05) is 48.6 Å². The highest BCUT2D eigenvalue weighted by Gasteiger charge is 2.24. The fourth-order valence-corrected chi connectivity index (χ4v) is 5.46. The molecule has 0 bridgehead atoms. The Kier molecular flexibility index (Phi) is 6.15. The standard InChI is InChI=1S/C33H28N2O4/c1-20(2)19-24-26(39-18-8-11-21-9-6-5-7-10-21)15-13-25-28(24)23-16-17-34-30-22-12-14-27(37-3)32(38-4)29(22)33(36)35(25)31(23)30/h5-17H,1,18-19H2,2-4H3. The first kappa shape index (κ1) is 24.5. The number of rotatable bonds is 8. The third-order valence-corrected chi connectivity index (χ3v) is 7.05. The Hall–Kier alpha value is -4.84. The topological polar surface area (TPSA) is 62.1 Å². The van der Waals surface area contributed by atoms with Crippen molar-refractivity contribution in [2.75, 3.05) is 20.8 Å². The van der Waals surface area contributed by atoms with Gasteiger partial charge < -0.3 is 14.2 Å². The lowest BCUT2D eigenvalue weighted by Gasteiger charge is -2.13. The van der Waals surface area contributed by atoms with E-state index in [0.717, 1.165) is 55.2 Å². The molecule has 3 aromatic heterocycles. The van der Waals surface area contributed by atoms with Gasteiger partial charge in [0.15, 0.2) is 11.5 Å². The largest absolute Gasteiger partial charge is 0.493 e. The zero-order valence-electron chi connectivity index (χ0n) is 22.2. The van der Waals surface area contributed by atoms with Gasteiger partial charge in [0, 0.05) is 27.9 Å². The summed E-state index contributed by atoms with van der Waals surface area (Å²) in [5.74, 6) is 1.67. The van der Waals surface area contributed by atoms with Crippen molar-refractivity contribution < 1.29 is 14.2 Å². The molecule has 3 heterocycles. The highest BCUT2D eigenvalue weighted by molar-refractivity contribution is 6.20. The number of nitrogens with zero attached hydrogens (tertiary/aromatic N) is 2. The van der Waals surface area contributed by atoms with Gasteiger partial charge in [0.05, 0.1) is 36.2 Å². The Morgan fingerprint density at radius 1 is 0.949 bits per heavy atom. The molecule has 194 valence electrons. The van der Waals surface area contributed by atoms with Gasteiger partial charge in [-0.3, -0.25) is 14.2 Å². The van der Waals surface area contributed by atoms with Gasteiger partial charge in [0.1, 0.15) is 12.4 Å². The van der Waals surface area contributed by atoms with Crippen LogP contribution < -0.4 is 19.8 Å². The van der Waals surface area contributed by atoms with Crippen molar-refractivity contribution in [2.24, 2.45) is 0 Å². The molecular weight excluding hydrogens is 488 g/mol. The van der Waals surface area contributed by atoms with Crippen LogP contribution in [0.3, 0.4) is 0 Å². The van der Waals surface area contributed by atoms with E-state index in [9.17, 15) is 4.79 Å². The van der Waals surface area contributed by atoms with Crippen LogP contribution in [0.5, 0.6) is 17.2 Å². The minimum Gasteiger partial charge on any atom is -0.493 e. The second-order valence-electron chi connectivity index (χ2n) is 9.61. The minimum atomic E-state index is -0.179. The van der Waals surface area contributed by atoms with E-state index in [1.165, 1.54) is 0 Å². The van der Waals surface area contributed by atoms with Crippen molar-refractivity contribution in [2.45, 2.75) is 13.3 Å². The fraction of sp³-hybridized carbons (Fsp3) is 0.152. The average Bonchev–Trinajstić information content (AvgIpc) is 3.30. The molecule has 0 saturated carbocycles. The molecule has 6 rings (SSSR count). The van der Waals surface area contributed by atoms with Crippen LogP contribution in [0.25, 0.3) is 44.2 Å². The predicted molar refractivity (Wildman–Crippen MR) is 158 cm³/mol. The SMILES string of the molecule is C=C(C)Cc1c(OCC=Cc2ccccc2)ccc2c1c1ccnc3c4ccc(OC)c(OC)c4c(=O)n2c13. The van der Waals surface area contributed by atoms with Crippen molar-refractivity contribution in [1.82, 2.24) is 9.38 Å². The van der Waals surface area contributed by atoms with Crippen molar-refractivity contribution in [3.05, 3.63) is 107 Å². The summed E-state index contributed by atoms with van der Waals surface area (Å²) >= 11 is 0. The van der Waals surface area contributed by atoms with Crippen molar-refractivity contribution in [3.8, 4) is 17.2 Å². The van der Waals surface area contributed by atoms with E-state index in [0.29, 0.717) is 29.9 Å². The molecule has 0 amide bonds. The number of hydrogen-bond donors (Lipinski definition) is 0. The molecular formula is C33H28N2O4. The molecule has 0 fully saturated rings. The molecule has 0 radical (unpaired) electrons. The predicted octanol–water partition coefficient (Wildman–Crippen LogP) is 6.82. The smallest absolute Gasteiger partial charge is 0.267 e. The summed E-state index contributed by atoms with van der Waals surface area (Å²) < 4.78 is 19.2. The number of aromatic nitrogens is 2. The zero-order chi connectivity index (χ0) is 27.1. The van der Waals surface area contributed by atoms with E-state index in [2.05, 4.69) is 18.7 Å². The molecule has 0 aliphatic heterocycles. The van der Waals surface area contributed by atoms with Gasteiger partial charge in [-0.15, -0.1) is 0 Å². The Balaban J connectivity index is 1.60. The Bertz CT molecular complexity index is 1960. The average molecular weight is 517 g/mol. The zero-order valence-corrected chi connectivity index (χ0v) is 22.2. The molecule has 6 heteroatoms. The molecule has 0 atom stereocenters. The van der Waals surface area contributed by atoms with Crippen molar-refractivity contribution in [3.63, 3.8) is 0 Å². The van der Waals surface area contributed by atoms with E-state index in [4.69, 9.17) is 19.2 Å². The quantitative estimate of drug-likeness (QED) is 0.164. The Morgan fingerprint density at radius 2 is 1.74 bits per heavy atom. The molecule has 39 heavy (non-hydrogen) atoms. The number of hydrogen-bond acceptors (Lipinski definition) is 5. The number of benzene rings is 3. The highest BCUT2D eigenvalue weighted by Crippen LogP contribution is 2.41. The molecule has 0 N–H and O–H groups in total. The van der Waals surface area contributed by atoms with Crippen LogP contribution in [-0.2, 0) is 6.42 Å². The first-order valence-corrected chi connectivity index (χ1v) is 12.8. The van der Waals surface area contributed by atoms with Crippen molar-refractivity contribution >= 4 is 44.2 Å². The molecule has 6 nitrogen and oxygen atoms in total. The minimum absolute atomic E-state index is 0.179. The second kappa shape index (κ2) is 9.80. The Morgan fingerprint density at radius 3 is 2.49 bits per heavy atom. The monoisotopic (exact) mass is 516 g/mol. The first-order chi connectivity index (χ1) is 19.0. The molecule has 0 saturated heterocycles. The van der Waals surface area contributed by atoms with Crippen LogP contribution in [0.2, 0.25) is 0 Å². The van der Waals surface area contributed by atoms with Crippen LogP contribution in [0.15, 0.2) is 89.9 Å². The van der Waals surface area contributed by atoms with Gasteiger partial charge in [-0.05, 0) is 55.3 Å². The summed E-state index contributed by atoms with van der Waals surface area (Å²) in [6, 6.07) is 19.7. The molecule has 0 aliphatic rings. The van der Waals surface area contributed by atoms with Gasteiger partial charge in [0.25, 0.3) is 5.56 Å². The first-order valence-electron chi connectivity index (χ1n) is 12.8. The van der Waals surface area contributed by atoms with E-state index >= 15 is 0 Å². The summed E-state index contributed by atoms with van der Waals surface area (Å²) in [7, 11) is 3.11. The van der Waals surface area contributed by atoms with E-state index < -0.39 is 0 Å². The number of methoxy groups -OCH3 is 2. The van der Waals surface area contributed by atoms with Crippen LogP contribution in [0, 0.1) is 0 Å². The lowest BCUT2D eigenvalue weighted by atomic mass is 9.99. The highest BCUT2D eigenvalue weighted by atomic mass is 16.5. The van der Waals surface area contributed by atoms with Crippen LogP contribution in [0.1, 0.15) is 18.1 Å². The number of ether oxygens (including phenoxy) is 3. The van der Waals surface area contributed by atoms with Gasteiger partial charge in [-0.25, -0.2) is 0 Å². The number of fused-ring (bicyclic) bond motifs is 5. The molecule has 0 spiro atoms. The van der Waals surface area contributed by atoms with E-state index in [1.807, 2.05) is 67.6 Å². The van der Waals surface area contributed by atoms with Gasteiger partial charge >= 0.3 is 0 Å². The summed E-state index contributed by atoms with van der Waals surface area (Å²) in [5.41, 5.74) is 5.24. The summed E-state index contributed by atoms with van der Waals surface area (Å²) in [6.45, 7) is 6.59. The van der Waals surface area contributed by atoms with Gasteiger partial charge in [-0.2, -0.15) is 0 Å². The maximum atomic E-state index is 14.1. The Labute approximate surface area is 225 Å². The summed E-state index contributed by atoms with van der Waals surface area (Å²) in [5, 5.41) is 3.08.